The third kappa shape index (κ3) is 2.59. The summed E-state index contributed by atoms with van der Waals surface area (Å²) >= 11 is 1.87. The van der Waals surface area contributed by atoms with Gasteiger partial charge in [-0.25, -0.2) is 0 Å². The first-order chi connectivity index (χ1) is 8.42. The van der Waals surface area contributed by atoms with Crippen molar-refractivity contribution in [1.82, 2.24) is 4.90 Å². The van der Waals surface area contributed by atoms with Crippen LogP contribution in [0.25, 0.3) is 0 Å². The molecule has 1 aromatic carbocycles. The van der Waals surface area contributed by atoms with E-state index in [0.29, 0.717) is 0 Å². The fourth-order valence-electron chi connectivity index (χ4n) is 2.47. The molecule has 1 aliphatic rings. The van der Waals surface area contributed by atoms with E-state index in [1.165, 1.54) is 36.4 Å². The van der Waals surface area contributed by atoms with Gasteiger partial charge in [-0.05, 0) is 35.4 Å². The maximum atomic E-state index is 2.57. The van der Waals surface area contributed by atoms with Crippen LogP contribution in [0, 0.1) is 0 Å². The van der Waals surface area contributed by atoms with Crippen molar-refractivity contribution in [3.8, 4) is 0 Å². The first-order valence-corrected chi connectivity index (χ1v) is 7.11. The fourth-order valence-corrected chi connectivity index (χ4v) is 3.17. The summed E-state index contributed by atoms with van der Waals surface area (Å²) in [5, 5.41) is 2.17. The Bertz CT molecular complexity index is 475. The number of hydrogen-bond donors (Lipinski definition) is 0. The lowest BCUT2D eigenvalue weighted by Gasteiger charge is -2.28. The van der Waals surface area contributed by atoms with Gasteiger partial charge in [-0.15, -0.1) is 11.3 Å². The average molecular weight is 243 g/mol. The Balaban J connectivity index is 1.61. The zero-order valence-corrected chi connectivity index (χ0v) is 10.7. The fraction of sp³-hybridized carbons (Fsp3) is 0.333. The highest BCUT2D eigenvalue weighted by Crippen LogP contribution is 2.19. The maximum absolute atomic E-state index is 2.57. The van der Waals surface area contributed by atoms with Gasteiger partial charge >= 0.3 is 0 Å². The van der Waals surface area contributed by atoms with Crippen molar-refractivity contribution in [3.05, 3.63) is 57.8 Å². The van der Waals surface area contributed by atoms with E-state index in [1.54, 1.807) is 5.56 Å². The third-order valence-corrected chi connectivity index (χ3v) is 4.40. The van der Waals surface area contributed by atoms with Crippen LogP contribution in [0.15, 0.2) is 41.8 Å². The van der Waals surface area contributed by atoms with Crippen LogP contribution >= 0.6 is 11.3 Å². The summed E-state index contributed by atoms with van der Waals surface area (Å²) < 4.78 is 0. The molecule has 0 atom stereocenters. The summed E-state index contributed by atoms with van der Waals surface area (Å²) in [7, 11) is 0. The summed E-state index contributed by atoms with van der Waals surface area (Å²) in [6, 6.07) is 13.2. The van der Waals surface area contributed by atoms with Gasteiger partial charge in [-0.2, -0.15) is 0 Å². The number of hydrogen-bond acceptors (Lipinski definition) is 2. The van der Waals surface area contributed by atoms with Crippen molar-refractivity contribution in [2.24, 2.45) is 0 Å². The molecule has 0 amide bonds. The van der Waals surface area contributed by atoms with Crippen LogP contribution < -0.4 is 0 Å². The molecule has 0 aliphatic carbocycles. The Kier molecular flexibility index (Phi) is 3.25. The molecule has 88 valence electrons. The van der Waals surface area contributed by atoms with Gasteiger partial charge in [-0.3, -0.25) is 4.90 Å². The van der Waals surface area contributed by atoms with E-state index in [4.69, 9.17) is 0 Å². The Morgan fingerprint density at radius 1 is 1.06 bits per heavy atom. The first kappa shape index (κ1) is 11.0. The summed E-state index contributed by atoms with van der Waals surface area (Å²) in [6.45, 7) is 3.53. The highest BCUT2D eigenvalue weighted by molar-refractivity contribution is 7.09. The summed E-state index contributed by atoms with van der Waals surface area (Å²) in [4.78, 5) is 4.08. The van der Waals surface area contributed by atoms with E-state index < -0.39 is 0 Å². The number of benzene rings is 1. The minimum absolute atomic E-state index is 1.13. The zero-order chi connectivity index (χ0) is 11.5. The monoisotopic (exact) mass is 243 g/mol. The number of nitrogens with zero attached hydrogens (tertiary/aromatic N) is 1. The van der Waals surface area contributed by atoms with Crippen molar-refractivity contribution in [2.45, 2.75) is 19.4 Å². The topological polar surface area (TPSA) is 3.24 Å². The highest BCUT2D eigenvalue weighted by Gasteiger charge is 2.14. The molecule has 2 aromatic rings. The molecule has 0 bridgehead atoms. The first-order valence-electron chi connectivity index (χ1n) is 6.23. The standard InChI is InChI=1S/C15H17NS/c1-2-5-14-12-16(9-7-13(14)4-1)10-8-15-6-3-11-17-15/h1-6,11H,7-10,12H2. The SMILES string of the molecule is c1csc(CCN2CCc3ccccc3C2)c1. The van der Waals surface area contributed by atoms with Crippen molar-refractivity contribution in [2.75, 3.05) is 13.1 Å². The molecule has 17 heavy (non-hydrogen) atoms. The van der Waals surface area contributed by atoms with Crippen molar-refractivity contribution < 1.29 is 0 Å². The highest BCUT2D eigenvalue weighted by atomic mass is 32.1. The predicted octanol–water partition coefficient (Wildman–Crippen LogP) is 3.35. The molecular formula is C15H17NS. The minimum Gasteiger partial charge on any atom is -0.298 e. The Morgan fingerprint density at radius 3 is 2.76 bits per heavy atom. The lowest BCUT2D eigenvalue weighted by molar-refractivity contribution is 0.258. The lowest BCUT2D eigenvalue weighted by atomic mass is 10.00. The van der Waals surface area contributed by atoms with Gasteiger partial charge in [0.25, 0.3) is 0 Å². The van der Waals surface area contributed by atoms with Gasteiger partial charge in [0.05, 0.1) is 0 Å². The molecule has 0 saturated heterocycles. The quantitative estimate of drug-likeness (QED) is 0.799. The van der Waals surface area contributed by atoms with Gasteiger partial charge in [0.2, 0.25) is 0 Å². The molecule has 0 radical (unpaired) electrons. The second-order valence-corrected chi connectivity index (χ2v) is 5.66. The van der Waals surface area contributed by atoms with Crippen LogP contribution in [0.1, 0.15) is 16.0 Å². The molecule has 0 saturated carbocycles. The number of thiophene rings is 1. The van der Waals surface area contributed by atoms with Gasteiger partial charge < -0.3 is 0 Å². The molecule has 2 heteroatoms. The van der Waals surface area contributed by atoms with Gasteiger partial charge in [0, 0.05) is 24.5 Å². The van der Waals surface area contributed by atoms with Crippen LogP contribution in [0.4, 0.5) is 0 Å². The van der Waals surface area contributed by atoms with Crippen molar-refractivity contribution in [3.63, 3.8) is 0 Å². The Labute approximate surface area is 107 Å². The molecule has 1 nitrogen and oxygen atoms in total. The maximum Gasteiger partial charge on any atom is 0.0236 e. The van der Waals surface area contributed by atoms with Gasteiger partial charge in [0.1, 0.15) is 0 Å². The van der Waals surface area contributed by atoms with E-state index in [1.807, 2.05) is 11.3 Å². The summed E-state index contributed by atoms with van der Waals surface area (Å²) in [5.74, 6) is 0. The third-order valence-electron chi connectivity index (χ3n) is 3.46. The average Bonchev–Trinajstić information content (AvgIpc) is 2.89. The number of rotatable bonds is 3. The minimum atomic E-state index is 1.13. The Hall–Kier alpha value is -1.12. The molecule has 1 aromatic heterocycles. The van der Waals surface area contributed by atoms with E-state index in [9.17, 15) is 0 Å². The van der Waals surface area contributed by atoms with E-state index in [-0.39, 0.29) is 0 Å². The van der Waals surface area contributed by atoms with Gasteiger partial charge in [0.15, 0.2) is 0 Å². The molecule has 0 fully saturated rings. The number of fused-ring (bicyclic) bond motifs is 1. The molecular weight excluding hydrogens is 226 g/mol. The molecule has 0 unspecified atom stereocenters. The second kappa shape index (κ2) is 5.03. The van der Waals surface area contributed by atoms with Crippen molar-refractivity contribution >= 4 is 11.3 Å². The normalized spacial score (nSPS) is 15.8. The van der Waals surface area contributed by atoms with E-state index in [2.05, 4.69) is 46.7 Å². The van der Waals surface area contributed by atoms with Crippen LogP contribution in [-0.4, -0.2) is 18.0 Å². The lowest BCUT2D eigenvalue weighted by Crippen LogP contribution is -2.32. The van der Waals surface area contributed by atoms with Crippen LogP contribution in [0.3, 0.4) is 0 Å². The largest absolute Gasteiger partial charge is 0.298 e. The molecule has 2 heterocycles. The molecule has 0 N–H and O–H groups in total. The zero-order valence-electron chi connectivity index (χ0n) is 9.93. The molecule has 0 spiro atoms. The van der Waals surface area contributed by atoms with E-state index in [0.717, 1.165) is 6.54 Å². The van der Waals surface area contributed by atoms with Crippen LogP contribution in [-0.2, 0) is 19.4 Å². The van der Waals surface area contributed by atoms with E-state index >= 15 is 0 Å². The summed E-state index contributed by atoms with van der Waals surface area (Å²) in [5.41, 5.74) is 3.06. The summed E-state index contributed by atoms with van der Waals surface area (Å²) in [6.07, 6.45) is 2.40. The second-order valence-electron chi connectivity index (χ2n) is 4.62. The van der Waals surface area contributed by atoms with Crippen LogP contribution in [0.5, 0.6) is 0 Å². The van der Waals surface area contributed by atoms with Gasteiger partial charge in [-0.1, -0.05) is 30.3 Å². The molecule has 3 rings (SSSR count). The van der Waals surface area contributed by atoms with Crippen molar-refractivity contribution in [1.29, 1.82) is 0 Å². The Morgan fingerprint density at radius 2 is 1.94 bits per heavy atom. The predicted molar refractivity (Wildman–Crippen MR) is 73.4 cm³/mol. The smallest absolute Gasteiger partial charge is 0.0236 e. The van der Waals surface area contributed by atoms with Crippen LogP contribution in [0.2, 0.25) is 0 Å². The molecule has 1 aliphatic heterocycles.